The van der Waals surface area contributed by atoms with Crippen LogP contribution in [0.25, 0.3) is 10.8 Å². The largest absolute Gasteiger partial charge is 0.396 e. The van der Waals surface area contributed by atoms with Gasteiger partial charge in [-0.15, -0.1) is 0 Å². The minimum absolute atomic E-state index is 0.631. The van der Waals surface area contributed by atoms with Gasteiger partial charge in [-0.2, -0.15) is 5.26 Å². The molecule has 0 radical (unpaired) electrons. The van der Waals surface area contributed by atoms with Crippen molar-refractivity contribution in [2.45, 2.75) is 25.8 Å². The summed E-state index contributed by atoms with van der Waals surface area (Å²) in [6.07, 6.45) is 3.63. The number of benzene rings is 2. The van der Waals surface area contributed by atoms with E-state index in [9.17, 15) is 5.26 Å². The normalized spacial score (nSPS) is 14.6. The summed E-state index contributed by atoms with van der Waals surface area (Å²) in [5, 5.41) is 12.0. The van der Waals surface area contributed by atoms with Gasteiger partial charge >= 0.3 is 0 Å². The van der Waals surface area contributed by atoms with Crippen molar-refractivity contribution in [3.63, 3.8) is 0 Å². The molecule has 0 saturated carbocycles. The van der Waals surface area contributed by atoms with E-state index in [0.29, 0.717) is 17.9 Å². The van der Waals surface area contributed by atoms with E-state index < -0.39 is 0 Å². The van der Waals surface area contributed by atoms with Crippen LogP contribution in [0.4, 0.5) is 11.5 Å². The first-order valence-electron chi connectivity index (χ1n) is 8.88. The second kappa shape index (κ2) is 6.52. The van der Waals surface area contributed by atoms with Gasteiger partial charge in [0, 0.05) is 13.1 Å². The van der Waals surface area contributed by atoms with Crippen molar-refractivity contribution in [3.8, 4) is 6.07 Å². The number of piperidine rings is 1. The van der Waals surface area contributed by atoms with E-state index in [1.165, 1.54) is 35.6 Å². The fourth-order valence-corrected chi connectivity index (χ4v) is 3.87. The van der Waals surface area contributed by atoms with Gasteiger partial charge in [0.15, 0.2) is 0 Å². The lowest BCUT2D eigenvalue weighted by atomic mass is 10.0. The first-order chi connectivity index (χ1) is 12.3. The lowest BCUT2D eigenvalue weighted by Gasteiger charge is -2.30. The number of hydrogen-bond acceptors (Lipinski definition) is 3. The number of rotatable bonds is 3. The van der Waals surface area contributed by atoms with Gasteiger partial charge in [-0.3, -0.25) is 0 Å². The molecule has 1 aromatic heterocycles. The van der Waals surface area contributed by atoms with Crippen molar-refractivity contribution < 1.29 is 0 Å². The third-order valence-corrected chi connectivity index (χ3v) is 5.08. The second-order valence-corrected chi connectivity index (χ2v) is 6.69. The summed E-state index contributed by atoms with van der Waals surface area (Å²) in [7, 11) is 0. The molecule has 2 N–H and O–H groups in total. The van der Waals surface area contributed by atoms with Crippen LogP contribution < -0.4 is 10.6 Å². The van der Waals surface area contributed by atoms with Crippen LogP contribution in [-0.4, -0.2) is 17.7 Å². The fraction of sp³-hybridized carbons (Fsp3) is 0.286. The molecule has 3 aromatic rings. The summed E-state index contributed by atoms with van der Waals surface area (Å²) in [5.41, 5.74) is 8.85. The predicted octanol–water partition coefficient (Wildman–Crippen LogP) is 4.13. The van der Waals surface area contributed by atoms with Crippen LogP contribution in [0, 0.1) is 11.3 Å². The average Bonchev–Trinajstić information content (AvgIpc) is 2.98. The van der Waals surface area contributed by atoms with Gasteiger partial charge in [0.2, 0.25) is 0 Å². The summed E-state index contributed by atoms with van der Waals surface area (Å²) in [6.45, 7) is 2.68. The van der Waals surface area contributed by atoms with Crippen LogP contribution in [0.5, 0.6) is 0 Å². The van der Waals surface area contributed by atoms with Gasteiger partial charge in [-0.1, -0.05) is 42.5 Å². The molecule has 0 amide bonds. The van der Waals surface area contributed by atoms with Crippen LogP contribution >= 0.6 is 0 Å². The molecule has 2 heterocycles. The Hall–Kier alpha value is -2.93. The van der Waals surface area contributed by atoms with Gasteiger partial charge in [0.25, 0.3) is 0 Å². The van der Waals surface area contributed by atoms with Gasteiger partial charge in [0.1, 0.15) is 17.6 Å². The van der Waals surface area contributed by atoms with E-state index >= 15 is 0 Å². The quantitative estimate of drug-likeness (QED) is 0.785. The Labute approximate surface area is 148 Å². The number of nitrogens with two attached hydrogens (primary N) is 1. The standard InChI is InChI=1S/C21H22N4/c22-14-18-13-20(23)21(24-11-4-1-5-12-24)25(18)15-17-9-6-8-16-7-2-3-10-19(16)17/h2-3,6-10,13H,1,4-5,11-12,15,23H2. The molecule has 0 aliphatic carbocycles. The summed E-state index contributed by atoms with van der Waals surface area (Å²) in [4.78, 5) is 2.34. The molecule has 4 nitrogen and oxygen atoms in total. The van der Waals surface area contributed by atoms with Crippen LogP contribution in [0.1, 0.15) is 30.5 Å². The molecule has 1 saturated heterocycles. The molecule has 0 atom stereocenters. The molecule has 1 aliphatic rings. The Balaban J connectivity index is 1.80. The Morgan fingerprint density at radius 1 is 1.00 bits per heavy atom. The highest BCUT2D eigenvalue weighted by Gasteiger charge is 2.21. The topological polar surface area (TPSA) is 58.0 Å². The zero-order valence-electron chi connectivity index (χ0n) is 14.3. The van der Waals surface area contributed by atoms with Crippen LogP contribution in [0.2, 0.25) is 0 Å². The molecule has 25 heavy (non-hydrogen) atoms. The molecule has 0 spiro atoms. The Morgan fingerprint density at radius 2 is 1.76 bits per heavy atom. The molecule has 1 aliphatic heterocycles. The van der Waals surface area contributed by atoms with Gasteiger partial charge < -0.3 is 15.2 Å². The van der Waals surface area contributed by atoms with Crippen molar-refractivity contribution in [1.29, 1.82) is 5.26 Å². The third-order valence-electron chi connectivity index (χ3n) is 5.08. The lowest BCUT2D eigenvalue weighted by Crippen LogP contribution is -2.32. The van der Waals surface area contributed by atoms with Crippen LogP contribution in [0.3, 0.4) is 0 Å². The molecule has 4 rings (SSSR count). The van der Waals surface area contributed by atoms with E-state index in [0.717, 1.165) is 18.9 Å². The molecule has 4 heteroatoms. The maximum absolute atomic E-state index is 9.60. The third kappa shape index (κ3) is 2.83. The molecule has 0 bridgehead atoms. The number of aromatic nitrogens is 1. The Morgan fingerprint density at radius 3 is 2.56 bits per heavy atom. The average molecular weight is 330 g/mol. The van der Waals surface area contributed by atoms with Gasteiger partial charge in [-0.05, 0) is 41.7 Å². The van der Waals surface area contributed by atoms with Crippen LogP contribution in [-0.2, 0) is 6.54 Å². The molecular formula is C21H22N4. The number of fused-ring (bicyclic) bond motifs is 1. The van der Waals surface area contributed by atoms with Crippen molar-refractivity contribution >= 4 is 22.3 Å². The summed E-state index contributed by atoms with van der Waals surface area (Å²) < 4.78 is 2.09. The molecule has 2 aromatic carbocycles. The van der Waals surface area contributed by atoms with Crippen molar-refractivity contribution in [3.05, 3.63) is 59.8 Å². The van der Waals surface area contributed by atoms with Crippen LogP contribution in [0.15, 0.2) is 48.5 Å². The van der Waals surface area contributed by atoms with Crippen molar-refractivity contribution in [1.82, 2.24) is 4.57 Å². The Bertz CT molecular complexity index is 937. The van der Waals surface area contributed by atoms with Crippen molar-refractivity contribution in [2.75, 3.05) is 23.7 Å². The molecule has 126 valence electrons. The summed E-state index contributed by atoms with van der Waals surface area (Å²) in [6, 6.07) is 18.9. The fourth-order valence-electron chi connectivity index (χ4n) is 3.87. The first-order valence-corrected chi connectivity index (χ1v) is 8.88. The smallest absolute Gasteiger partial charge is 0.133 e. The monoisotopic (exact) mass is 330 g/mol. The Kier molecular flexibility index (Phi) is 4.07. The van der Waals surface area contributed by atoms with Gasteiger partial charge in [0.05, 0.1) is 12.2 Å². The van der Waals surface area contributed by atoms with Gasteiger partial charge in [-0.25, -0.2) is 0 Å². The van der Waals surface area contributed by atoms with E-state index in [1.807, 2.05) is 6.07 Å². The maximum Gasteiger partial charge on any atom is 0.133 e. The number of hydrogen-bond donors (Lipinski definition) is 1. The minimum Gasteiger partial charge on any atom is -0.396 e. The first kappa shape index (κ1) is 15.6. The highest BCUT2D eigenvalue weighted by molar-refractivity contribution is 5.85. The number of nitriles is 1. The number of nitrogens with zero attached hydrogens (tertiary/aromatic N) is 3. The van der Waals surface area contributed by atoms with E-state index in [4.69, 9.17) is 5.73 Å². The van der Waals surface area contributed by atoms with E-state index in [-0.39, 0.29) is 0 Å². The predicted molar refractivity (Wildman–Crippen MR) is 103 cm³/mol. The lowest BCUT2D eigenvalue weighted by molar-refractivity contribution is 0.564. The SMILES string of the molecule is N#Cc1cc(N)c(N2CCCCC2)n1Cc1cccc2ccccc12. The summed E-state index contributed by atoms with van der Waals surface area (Å²) >= 11 is 0. The molecule has 0 unspecified atom stereocenters. The zero-order valence-corrected chi connectivity index (χ0v) is 14.3. The molecule has 1 fully saturated rings. The van der Waals surface area contributed by atoms with E-state index in [1.54, 1.807) is 0 Å². The highest BCUT2D eigenvalue weighted by Crippen LogP contribution is 2.32. The second-order valence-electron chi connectivity index (χ2n) is 6.69. The minimum atomic E-state index is 0.631. The number of nitrogen functional groups attached to an aromatic ring is 1. The van der Waals surface area contributed by atoms with E-state index in [2.05, 4.69) is 58.0 Å². The highest BCUT2D eigenvalue weighted by atomic mass is 15.3. The van der Waals surface area contributed by atoms with Crippen molar-refractivity contribution in [2.24, 2.45) is 0 Å². The number of anilines is 2. The zero-order chi connectivity index (χ0) is 17.2. The summed E-state index contributed by atoms with van der Waals surface area (Å²) in [5.74, 6) is 1.00. The molecular weight excluding hydrogens is 308 g/mol. The maximum atomic E-state index is 9.60.